The van der Waals surface area contributed by atoms with Gasteiger partial charge in [-0.1, -0.05) is 49.2 Å². The molecule has 1 aromatic rings. The van der Waals surface area contributed by atoms with Crippen LogP contribution in [0, 0.1) is 0 Å². The number of hydrogen-bond acceptors (Lipinski definition) is 2. The summed E-state index contributed by atoms with van der Waals surface area (Å²) in [5.74, 6) is 0. The van der Waals surface area contributed by atoms with Crippen LogP contribution in [0.4, 0.5) is 5.69 Å². The Labute approximate surface area is 139 Å². The van der Waals surface area contributed by atoms with Crippen LogP contribution in [0.25, 0.3) is 0 Å². The van der Waals surface area contributed by atoms with E-state index < -0.39 is 0 Å². The maximum Gasteiger partial charge on any atom is 0.0425 e. The molecule has 0 heterocycles. The van der Waals surface area contributed by atoms with Gasteiger partial charge in [-0.3, -0.25) is 0 Å². The van der Waals surface area contributed by atoms with E-state index in [0.29, 0.717) is 6.04 Å². The first kappa shape index (κ1) is 18.5. The second kappa shape index (κ2) is 10.2. The molecule has 0 aliphatic carbocycles. The third kappa shape index (κ3) is 5.99. The van der Waals surface area contributed by atoms with E-state index in [4.69, 9.17) is 0 Å². The van der Waals surface area contributed by atoms with Crippen LogP contribution >= 0.6 is 15.9 Å². The highest BCUT2D eigenvalue weighted by atomic mass is 79.9. The second-order valence-electron chi connectivity index (χ2n) is 5.75. The van der Waals surface area contributed by atoms with Crippen molar-refractivity contribution >= 4 is 21.6 Å². The van der Waals surface area contributed by atoms with Gasteiger partial charge in [0.1, 0.15) is 0 Å². The fourth-order valence-electron chi connectivity index (χ4n) is 2.48. The molecular formula is C18H31BrN2. The predicted molar refractivity (Wildman–Crippen MR) is 98.1 cm³/mol. The summed E-state index contributed by atoms with van der Waals surface area (Å²) in [6.07, 6.45) is 4.85. The molecule has 0 radical (unpaired) electrons. The fraction of sp³-hybridized carbons (Fsp3) is 0.667. The van der Waals surface area contributed by atoms with E-state index in [9.17, 15) is 0 Å². The Hall–Kier alpha value is -0.540. The van der Waals surface area contributed by atoms with E-state index in [1.54, 1.807) is 0 Å². The molecule has 1 rings (SSSR count). The van der Waals surface area contributed by atoms with Gasteiger partial charge < -0.3 is 10.2 Å². The van der Waals surface area contributed by atoms with Gasteiger partial charge in [-0.05, 0) is 50.4 Å². The third-order valence-electron chi connectivity index (χ3n) is 3.97. The van der Waals surface area contributed by atoms with Gasteiger partial charge in [0, 0.05) is 29.3 Å². The summed E-state index contributed by atoms with van der Waals surface area (Å²) in [6, 6.07) is 7.27. The molecule has 0 spiro atoms. The summed E-state index contributed by atoms with van der Waals surface area (Å²) in [7, 11) is 0. The first-order valence-corrected chi connectivity index (χ1v) is 9.19. The van der Waals surface area contributed by atoms with Crippen LogP contribution in [-0.4, -0.2) is 19.1 Å². The summed E-state index contributed by atoms with van der Waals surface area (Å²) in [4.78, 5) is 2.58. The number of unbranched alkanes of at least 4 members (excludes halogenated alkanes) is 1. The van der Waals surface area contributed by atoms with E-state index in [-0.39, 0.29) is 0 Å². The maximum absolute atomic E-state index is 3.64. The third-order valence-corrected chi connectivity index (χ3v) is 4.47. The lowest BCUT2D eigenvalue weighted by atomic mass is 10.1. The zero-order chi connectivity index (χ0) is 15.7. The molecule has 1 unspecified atom stereocenters. The van der Waals surface area contributed by atoms with E-state index in [0.717, 1.165) is 19.6 Å². The number of anilines is 1. The predicted octanol–water partition coefficient (Wildman–Crippen LogP) is 5.35. The number of benzene rings is 1. The van der Waals surface area contributed by atoms with E-state index >= 15 is 0 Å². The summed E-state index contributed by atoms with van der Waals surface area (Å²) >= 11 is 3.64. The molecule has 3 heteroatoms. The zero-order valence-corrected chi connectivity index (χ0v) is 15.7. The Balaban J connectivity index is 2.99. The highest BCUT2D eigenvalue weighted by Gasteiger charge is 2.16. The SMILES string of the molecule is CCCCN(c1cc(Br)ccc1CNCCC)C(C)CC. The first-order chi connectivity index (χ1) is 10.1. The summed E-state index contributed by atoms with van der Waals surface area (Å²) in [6.45, 7) is 12.3. The Morgan fingerprint density at radius 1 is 1.19 bits per heavy atom. The molecule has 0 aliphatic rings. The van der Waals surface area contributed by atoms with Crippen LogP contribution in [0.3, 0.4) is 0 Å². The van der Waals surface area contributed by atoms with Crippen molar-refractivity contribution in [1.29, 1.82) is 0 Å². The van der Waals surface area contributed by atoms with Crippen molar-refractivity contribution in [2.75, 3.05) is 18.0 Å². The van der Waals surface area contributed by atoms with Gasteiger partial charge in [-0.25, -0.2) is 0 Å². The van der Waals surface area contributed by atoms with Crippen LogP contribution in [0.15, 0.2) is 22.7 Å². The van der Waals surface area contributed by atoms with E-state index in [1.165, 1.54) is 41.4 Å². The van der Waals surface area contributed by atoms with Crippen LogP contribution in [-0.2, 0) is 6.54 Å². The maximum atomic E-state index is 3.64. The van der Waals surface area contributed by atoms with Gasteiger partial charge in [0.15, 0.2) is 0 Å². The molecule has 0 fully saturated rings. The van der Waals surface area contributed by atoms with Crippen LogP contribution in [0.5, 0.6) is 0 Å². The normalized spacial score (nSPS) is 12.4. The lowest BCUT2D eigenvalue weighted by Gasteiger charge is -2.33. The minimum atomic E-state index is 0.579. The number of rotatable bonds is 10. The molecular weight excluding hydrogens is 324 g/mol. The molecule has 1 atom stereocenters. The lowest BCUT2D eigenvalue weighted by Crippen LogP contribution is -2.34. The Morgan fingerprint density at radius 3 is 2.57 bits per heavy atom. The van der Waals surface area contributed by atoms with Gasteiger partial charge in [0.05, 0.1) is 0 Å². The zero-order valence-electron chi connectivity index (χ0n) is 14.1. The van der Waals surface area contributed by atoms with Gasteiger partial charge >= 0.3 is 0 Å². The quantitative estimate of drug-likeness (QED) is 0.569. The van der Waals surface area contributed by atoms with Crippen molar-refractivity contribution in [3.05, 3.63) is 28.2 Å². The van der Waals surface area contributed by atoms with E-state index in [1.807, 2.05) is 0 Å². The van der Waals surface area contributed by atoms with Gasteiger partial charge in [-0.15, -0.1) is 0 Å². The monoisotopic (exact) mass is 354 g/mol. The molecule has 1 N–H and O–H groups in total. The van der Waals surface area contributed by atoms with Crippen LogP contribution < -0.4 is 10.2 Å². The molecule has 0 aliphatic heterocycles. The van der Waals surface area contributed by atoms with Gasteiger partial charge in [0.2, 0.25) is 0 Å². The topological polar surface area (TPSA) is 15.3 Å². The number of hydrogen-bond donors (Lipinski definition) is 1. The highest BCUT2D eigenvalue weighted by Crippen LogP contribution is 2.28. The number of nitrogens with one attached hydrogen (secondary N) is 1. The number of halogens is 1. The Bertz CT molecular complexity index is 406. The molecule has 0 amide bonds. The average molecular weight is 355 g/mol. The van der Waals surface area contributed by atoms with Crippen LogP contribution in [0.2, 0.25) is 0 Å². The Kier molecular flexibility index (Phi) is 9.02. The van der Waals surface area contributed by atoms with Gasteiger partial charge in [-0.2, -0.15) is 0 Å². The Morgan fingerprint density at radius 2 is 1.95 bits per heavy atom. The van der Waals surface area contributed by atoms with Crippen molar-refractivity contribution in [3.63, 3.8) is 0 Å². The smallest absolute Gasteiger partial charge is 0.0425 e. The fourth-order valence-corrected chi connectivity index (χ4v) is 2.83. The summed E-state index contributed by atoms with van der Waals surface area (Å²) in [5.41, 5.74) is 2.79. The standard InChI is InChI=1S/C18H31BrN2/c1-5-8-12-21(15(4)7-3)18-13-17(19)10-9-16(18)14-20-11-6-2/h9-10,13,15,20H,5-8,11-12,14H2,1-4H3. The summed E-state index contributed by atoms with van der Waals surface area (Å²) in [5, 5.41) is 3.54. The van der Waals surface area contributed by atoms with Crippen LogP contribution in [0.1, 0.15) is 58.9 Å². The first-order valence-electron chi connectivity index (χ1n) is 8.39. The molecule has 2 nitrogen and oxygen atoms in total. The van der Waals surface area contributed by atoms with Crippen molar-refractivity contribution in [2.45, 2.75) is 66.0 Å². The molecule has 1 aromatic carbocycles. The minimum absolute atomic E-state index is 0.579. The van der Waals surface area contributed by atoms with Crippen molar-refractivity contribution in [2.24, 2.45) is 0 Å². The summed E-state index contributed by atoms with van der Waals surface area (Å²) < 4.78 is 1.17. The van der Waals surface area contributed by atoms with Gasteiger partial charge in [0.25, 0.3) is 0 Å². The lowest BCUT2D eigenvalue weighted by molar-refractivity contribution is 0.590. The van der Waals surface area contributed by atoms with E-state index in [2.05, 4.69) is 72.0 Å². The minimum Gasteiger partial charge on any atom is -0.369 e. The molecule has 0 saturated carbocycles. The average Bonchev–Trinajstić information content (AvgIpc) is 2.49. The highest BCUT2D eigenvalue weighted by molar-refractivity contribution is 9.10. The van der Waals surface area contributed by atoms with Crippen molar-refractivity contribution < 1.29 is 0 Å². The molecule has 21 heavy (non-hydrogen) atoms. The molecule has 0 bridgehead atoms. The van der Waals surface area contributed by atoms with Crippen molar-refractivity contribution in [3.8, 4) is 0 Å². The second-order valence-corrected chi connectivity index (χ2v) is 6.67. The molecule has 0 aromatic heterocycles. The molecule has 120 valence electrons. The largest absolute Gasteiger partial charge is 0.369 e. The molecule has 0 saturated heterocycles. The number of nitrogens with zero attached hydrogens (tertiary/aromatic N) is 1. The van der Waals surface area contributed by atoms with Crippen molar-refractivity contribution in [1.82, 2.24) is 5.32 Å².